The molecule has 32 heavy (non-hydrogen) atoms. The van der Waals surface area contributed by atoms with Crippen LogP contribution in [0.15, 0.2) is 76.7 Å². The number of ether oxygens (including phenoxy) is 2. The van der Waals surface area contributed by atoms with E-state index in [-0.39, 0.29) is 16.4 Å². The first-order valence-electron chi connectivity index (χ1n) is 9.50. The van der Waals surface area contributed by atoms with Crippen LogP contribution >= 0.6 is 0 Å². The summed E-state index contributed by atoms with van der Waals surface area (Å²) in [5.41, 5.74) is 3.95. The first-order chi connectivity index (χ1) is 15.4. The molecule has 166 valence electrons. The van der Waals surface area contributed by atoms with Gasteiger partial charge in [-0.05, 0) is 48.9 Å². The van der Waals surface area contributed by atoms with Gasteiger partial charge in [-0.1, -0.05) is 30.3 Å². The second kappa shape index (κ2) is 9.97. The Morgan fingerprint density at radius 3 is 2.34 bits per heavy atom. The highest BCUT2D eigenvalue weighted by molar-refractivity contribution is 7.87. The number of nitrogens with one attached hydrogen (secondary N) is 1. The lowest BCUT2D eigenvalue weighted by molar-refractivity contribution is 0.0952. The van der Waals surface area contributed by atoms with Gasteiger partial charge in [-0.3, -0.25) is 4.79 Å². The lowest BCUT2D eigenvalue weighted by atomic mass is 10.1. The molecule has 0 spiro atoms. The van der Waals surface area contributed by atoms with Crippen molar-refractivity contribution in [1.82, 2.24) is 5.43 Å². The molecule has 3 rings (SSSR count). The fraction of sp³-hybridized carbons (Fsp3) is 0.130. The molecule has 0 bridgehead atoms. The van der Waals surface area contributed by atoms with Gasteiger partial charge < -0.3 is 13.7 Å². The van der Waals surface area contributed by atoms with E-state index in [2.05, 4.69) is 10.5 Å². The normalized spacial score (nSPS) is 11.2. The largest absolute Gasteiger partial charge is 0.496 e. The van der Waals surface area contributed by atoms with Gasteiger partial charge in [0.1, 0.15) is 10.6 Å². The molecule has 8 nitrogen and oxygen atoms in total. The van der Waals surface area contributed by atoms with Crippen LogP contribution < -0.4 is 19.1 Å². The van der Waals surface area contributed by atoms with Crippen LogP contribution in [0.1, 0.15) is 21.5 Å². The van der Waals surface area contributed by atoms with Gasteiger partial charge in [-0.25, -0.2) is 5.43 Å². The van der Waals surface area contributed by atoms with Crippen molar-refractivity contribution in [2.75, 3.05) is 14.2 Å². The highest BCUT2D eigenvalue weighted by Gasteiger charge is 2.21. The van der Waals surface area contributed by atoms with E-state index in [4.69, 9.17) is 13.7 Å². The average Bonchev–Trinajstić information content (AvgIpc) is 2.80. The standard InChI is InChI=1S/C23H22N2O6S/c1-16-12-13-19(21(14-16)30-3)23(26)25-24-15-17-8-7-11-20(29-2)22(17)31-32(27,28)18-9-5-4-6-10-18/h4-15H,1-3H3,(H,25,26)/b24-15-. The molecule has 1 N–H and O–H groups in total. The number of carbonyl (C=O) groups excluding carboxylic acids is 1. The molecule has 3 aromatic rings. The SMILES string of the molecule is COc1cc(C)ccc1C(=O)N/N=C\c1cccc(OC)c1OS(=O)(=O)c1ccccc1. The van der Waals surface area contributed by atoms with Crippen molar-refractivity contribution in [2.45, 2.75) is 11.8 Å². The summed E-state index contributed by atoms with van der Waals surface area (Å²) in [6, 6.07) is 17.7. The summed E-state index contributed by atoms with van der Waals surface area (Å²) in [4.78, 5) is 12.5. The third-order valence-electron chi connectivity index (χ3n) is 4.43. The predicted octanol–water partition coefficient (Wildman–Crippen LogP) is 3.54. The third-order valence-corrected chi connectivity index (χ3v) is 5.66. The maximum absolute atomic E-state index is 12.7. The number of hydrogen-bond donors (Lipinski definition) is 1. The molecule has 0 radical (unpaired) electrons. The lowest BCUT2D eigenvalue weighted by Crippen LogP contribution is -2.18. The van der Waals surface area contributed by atoms with E-state index >= 15 is 0 Å². The second-order valence-electron chi connectivity index (χ2n) is 6.63. The maximum Gasteiger partial charge on any atom is 0.339 e. The molecule has 0 unspecified atom stereocenters. The molecule has 9 heteroatoms. The van der Waals surface area contributed by atoms with Crippen LogP contribution in [0.4, 0.5) is 0 Å². The predicted molar refractivity (Wildman–Crippen MR) is 120 cm³/mol. The lowest BCUT2D eigenvalue weighted by Gasteiger charge is -2.13. The van der Waals surface area contributed by atoms with Gasteiger partial charge in [0.2, 0.25) is 0 Å². The first kappa shape index (κ1) is 22.8. The van der Waals surface area contributed by atoms with Crippen LogP contribution in [0.2, 0.25) is 0 Å². The average molecular weight is 455 g/mol. The van der Waals surface area contributed by atoms with E-state index < -0.39 is 16.0 Å². The Morgan fingerprint density at radius 1 is 0.938 bits per heavy atom. The van der Waals surface area contributed by atoms with E-state index in [9.17, 15) is 13.2 Å². The van der Waals surface area contributed by atoms with Gasteiger partial charge >= 0.3 is 10.1 Å². The monoisotopic (exact) mass is 454 g/mol. The molecular weight excluding hydrogens is 432 g/mol. The Morgan fingerprint density at radius 2 is 1.66 bits per heavy atom. The number of benzene rings is 3. The summed E-state index contributed by atoms with van der Waals surface area (Å²) in [5.74, 6) is 0.0715. The zero-order valence-corrected chi connectivity index (χ0v) is 18.5. The van der Waals surface area contributed by atoms with E-state index in [1.807, 2.05) is 6.92 Å². The second-order valence-corrected chi connectivity index (χ2v) is 8.18. The van der Waals surface area contributed by atoms with Crippen LogP contribution in [0.25, 0.3) is 0 Å². The first-order valence-corrected chi connectivity index (χ1v) is 10.9. The Bertz CT molecular complexity index is 1240. The van der Waals surface area contributed by atoms with Gasteiger partial charge in [0, 0.05) is 5.56 Å². The third kappa shape index (κ3) is 5.25. The zero-order chi connectivity index (χ0) is 23.1. The molecule has 0 fully saturated rings. The minimum atomic E-state index is -4.11. The van der Waals surface area contributed by atoms with Crippen molar-refractivity contribution >= 4 is 22.2 Å². The van der Waals surface area contributed by atoms with Crippen molar-refractivity contribution in [1.29, 1.82) is 0 Å². The highest BCUT2D eigenvalue weighted by Crippen LogP contribution is 2.32. The number of rotatable bonds is 8. The van der Waals surface area contributed by atoms with Crippen molar-refractivity contribution < 1.29 is 26.9 Å². The molecule has 0 saturated heterocycles. The molecule has 0 heterocycles. The van der Waals surface area contributed by atoms with E-state index in [0.29, 0.717) is 16.9 Å². The van der Waals surface area contributed by atoms with Crippen LogP contribution in [0.5, 0.6) is 17.2 Å². The van der Waals surface area contributed by atoms with Crippen molar-refractivity contribution in [3.8, 4) is 17.2 Å². The molecule has 0 aromatic heterocycles. The number of carbonyl (C=O) groups is 1. The van der Waals surface area contributed by atoms with Gasteiger partial charge in [0.25, 0.3) is 5.91 Å². The smallest absolute Gasteiger partial charge is 0.339 e. The molecule has 0 saturated carbocycles. The highest BCUT2D eigenvalue weighted by atomic mass is 32.2. The number of methoxy groups -OCH3 is 2. The Labute approximate surface area is 186 Å². The molecule has 0 aliphatic heterocycles. The van der Waals surface area contributed by atoms with E-state index in [1.165, 1.54) is 32.6 Å². The van der Waals surface area contributed by atoms with Crippen LogP contribution in [-0.2, 0) is 10.1 Å². The summed E-state index contributed by atoms with van der Waals surface area (Å²) in [6.07, 6.45) is 1.27. The van der Waals surface area contributed by atoms with E-state index in [0.717, 1.165) is 5.56 Å². The molecule has 1 amide bonds. The molecule has 0 aliphatic rings. The van der Waals surface area contributed by atoms with E-state index in [1.54, 1.807) is 54.6 Å². The minimum absolute atomic E-state index is 0.00596. The van der Waals surface area contributed by atoms with Crippen molar-refractivity contribution in [3.05, 3.63) is 83.4 Å². The molecule has 0 atom stereocenters. The van der Waals surface area contributed by atoms with Crippen LogP contribution in [0.3, 0.4) is 0 Å². The quantitative estimate of drug-likeness (QED) is 0.317. The van der Waals surface area contributed by atoms with Crippen molar-refractivity contribution in [3.63, 3.8) is 0 Å². The summed E-state index contributed by atoms with van der Waals surface area (Å²) in [7, 11) is -1.24. The fourth-order valence-corrected chi connectivity index (χ4v) is 3.82. The van der Waals surface area contributed by atoms with Gasteiger partial charge in [-0.2, -0.15) is 13.5 Å². The van der Waals surface area contributed by atoms with Gasteiger partial charge in [-0.15, -0.1) is 0 Å². The Hall–Kier alpha value is -3.85. The minimum Gasteiger partial charge on any atom is -0.496 e. The van der Waals surface area contributed by atoms with Crippen LogP contribution in [-0.4, -0.2) is 34.8 Å². The zero-order valence-electron chi connectivity index (χ0n) is 17.7. The summed E-state index contributed by atoms with van der Waals surface area (Å²) >= 11 is 0. The summed E-state index contributed by atoms with van der Waals surface area (Å²) < 4.78 is 41.2. The van der Waals surface area contributed by atoms with Gasteiger partial charge in [0.05, 0.1) is 26.0 Å². The number of hydrazone groups is 1. The maximum atomic E-state index is 12.7. The molecule has 3 aromatic carbocycles. The number of nitrogens with zero attached hydrogens (tertiary/aromatic N) is 1. The fourth-order valence-electron chi connectivity index (χ4n) is 2.84. The number of para-hydroxylation sites is 1. The Kier molecular flexibility index (Phi) is 7.11. The molecular formula is C23H22N2O6S. The number of aryl methyl sites for hydroxylation is 1. The topological polar surface area (TPSA) is 103 Å². The summed E-state index contributed by atoms with van der Waals surface area (Å²) in [6.45, 7) is 1.89. The number of hydrogen-bond acceptors (Lipinski definition) is 7. The van der Waals surface area contributed by atoms with Crippen LogP contribution in [0, 0.1) is 6.92 Å². The number of amides is 1. The van der Waals surface area contributed by atoms with Crippen molar-refractivity contribution in [2.24, 2.45) is 5.10 Å². The Balaban J connectivity index is 1.86. The summed E-state index contributed by atoms with van der Waals surface area (Å²) in [5, 5.41) is 3.94. The molecule has 0 aliphatic carbocycles. The van der Waals surface area contributed by atoms with Gasteiger partial charge in [0.15, 0.2) is 11.5 Å².